The molecule has 3 rings (SSSR count). The van der Waals surface area contributed by atoms with Gasteiger partial charge in [-0.2, -0.15) is 0 Å². The highest BCUT2D eigenvalue weighted by atomic mass is 16.5. The van der Waals surface area contributed by atoms with Gasteiger partial charge >= 0.3 is 0 Å². The van der Waals surface area contributed by atoms with E-state index in [4.69, 9.17) is 14.9 Å². The van der Waals surface area contributed by atoms with Crippen LogP contribution in [-0.4, -0.2) is 29.2 Å². The third-order valence-electron chi connectivity index (χ3n) is 4.52. The SMILES string of the molecule is CCOC(=N)CCCCn1c2cc(OC)ccc2c2ccnc(C)c21. The smallest absolute Gasteiger partial charge is 0.180 e. The van der Waals surface area contributed by atoms with E-state index in [1.807, 2.05) is 19.2 Å². The van der Waals surface area contributed by atoms with Gasteiger partial charge in [0.2, 0.25) is 0 Å². The van der Waals surface area contributed by atoms with Crippen LogP contribution in [0.25, 0.3) is 21.8 Å². The summed E-state index contributed by atoms with van der Waals surface area (Å²) in [6, 6.07) is 8.30. The average Bonchev–Trinajstić information content (AvgIpc) is 2.93. The normalized spacial score (nSPS) is 11.2. The Labute approximate surface area is 148 Å². The molecular formula is C20H25N3O2. The molecule has 0 fully saturated rings. The zero-order chi connectivity index (χ0) is 17.8. The number of rotatable bonds is 7. The van der Waals surface area contributed by atoms with E-state index in [1.54, 1.807) is 7.11 Å². The van der Waals surface area contributed by atoms with Crippen molar-refractivity contribution in [2.24, 2.45) is 0 Å². The first kappa shape index (κ1) is 17.3. The van der Waals surface area contributed by atoms with Crippen molar-refractivity contribution in [2.45, 2.75) is 39.7 Å². The van der Waals surface area contributed by atoms with E-state index in [9.17, 15) is 0 Å². The molecule has 0 aliphatic heterocycles. The molecule has 0 unspecified atom stereocenters. The third kappa shape index (κ3) is 3.45. The first-order valence-electron chi connectivity index (χ1n) is 8.77. The second kappa shape index (κ2) is 7.55. The quantitative estimate of drug-likeness (QED) is 0.386. The van der Waals surface area contributed by atoms with E-state index in [0.717, 1.165) is 30.8 Å². The maximum atomic E-state index is 7.74. The maximum absolute atomic E-state index is 7.74. The fraction of sp³-hybridized carbons (Fsp3) is 0.400. The lowest BCUT2D eigenvalue weighted by Gasteiger charge is -2.10. The number of nitrogens with one attached hydrogen (secondary N) is 1. The van der Waals surface area contributed by atoms with Crippen molar-refractivity contribution >= 4 is 27.7 Å². The van der Waals surface area contributed by atoms with Crippen LogP contribution in [0.3, 0.4) is 0 Å². The van der Waals surface area contributed by atoms with Gasteiger partial charge in [-0.15, -0.1) is 0 Å². The number of benzene rings is 1. The number of aryl methyl sites for hydroxylation is 2. The fourth-order valence-electron chi connectivity index (χ4n) is 3.36. The van der Waals surface area contributed by atoms with E-state index < -0.39 is 0 Å². The molecule has 2 heterocycles. The third-order valence-corrected chi connectivity index (χ3v) is 4.52. The van der Waals surface area contributed by atoms with Crippen LogP contribution in [0.1, 0.15) is 31.9 Å². The number of aromatic nitrogens is 2. The lowest BCUT2D eigenvalue weighted by molar-refractivity contribution is 0.312. The molecule has 0 spiro atoms. The second-order valence-corrected chi connectivity index (χ2v) is 6.14. The molecule has 132 valence electrons. The molecule has 0 aliphatic rings. The minimum Gasteiger partial charge on any atom is -0.497 e. The van der Waals surface area contributed by atoms with Gasteiger partial charge in [0, 0.05) is 36.0 Å². The van der Waals surface area contributed by atoms with E-state index in [1.165, 1.54) is 21.8 Å². The Morgan fingerprint density at radius 3 is 2.80 bits per heavy atom. The molecule has 0 radical (unpaired) electrons. The van der Waals surface area contributed by atoms with Crippen LogP contribution >= 0.6 is 0 Å². The number of hydrogen-bond donors (Lipinski definition) is 1. The number of fused-ring (bicyclic) bond motifs is 3. The molecule has 1 aromatic carbocycles. The first-order valence-corrected chi connectivity index (χ1v) is 8.77. The predicted octanol–water partition coefficient (Wildman–Crippen LogP) is 4.69. The maximum Gasteiger partial charge on any atom is 0.180 e. The molecule has 0 saturated heterocycles. The molecule has 2 aromatic heterocycles. The van der Waals surface area contributed by atoms with Gasteiger partial charge in [0.05, 0.1) is 30.4 Å². The molecule has 5 heteroatoms. The molecule has 3 aromatic rings. The van der Waals surface area contributed by atoms with Crippen LogP contribution in [0.4, 0.5) is 0 Å². The molecule has 0 atom stereocenters. The molecule has 0 saturated carbocycles. The highest BCUT2D eigenvalue weighted by Crippen LogP contribution is 2.32. The highest BCUT2D eigenvalue weighted by molar-refractivity contribution is 6.09. The summed E-state index contributed by atoms with van der Waals surface area (Å²) in [5, 5.41) is 10.2. The van der Waals surface area contributed by atoms with Crippen LogP contribution in [0.15, 0.2) is 30.5 Å². The van der Waals surface area contributed by atoms with E-state index in [-0.39, 0.29) is 0 Å². The molecule has 0 aliphatic carbocycles. The number of hydrogen-bond acceptors (Lipinski definition) is 4. The first-order chi connectivity index (χ1) is 12.2. The molecule has 1 N–H and O–H groups in total. The number of ether oxygens (including phenoxy) is 2. The van der Waals surface area contributed by atoms with Crippen LogP contribution in [0.2, 0.25) is 0 Å². The molecule has 5 nitrogen and oxygen atoms in total. The minimum absolute atomic E-state index is 0.379. The van der Waals surface area contributed by atoms with E-state index >= 15 is 0 Å². The largest absolute Gasteiger partial charge is 0.497 e. The predicted molar refractivity (Wildman–Crippen MR) is 102 cm³/mol. The van der Waals surface area contributed by atoms with E-state index in [0.29, 0.717) is 18.9 Å². The highest BCUT2D eigenvalue weighted by Gasteiger charge is 2.13. The van der Waals surface area contributed by atoms with Gasteiger partial charge in [-0.25, -0.2) is 0 Å². The summed E-state index contributed by atoms with van der Waals surface area (Å²) in [4.78, 5) is 4.48. The minimum atomic E-state index is 0.379. The summed E-state index contributed by atoms with van der Waals surface area (Å²) in [6.45, 7) is 5.42. The fourth-order valence-corrected chi connectivity index (χ4v) is 3.36. The summed E-state index contributed by atoms with van der Waals surface area (Å²) in [5.41, 5.74) is 3.39. The van der Waals surface area contributed by atoms with Gasteiger partial charge in [0.15, 0.2) is 5.90 Å². The van der Waals surface area contributed by atoms with E-state index in [2.05, 4.69) is 34.7 Å². The molecule has 0 amide bonds. The number of nitrogens with zero attached hydrogens (tertiary/aromatic N) is 2. The van der Waals surface area contributed by atoms with Crippen molar-refractivity contribution in [1.29, 1.82) is 5.41 Å². The van der Waals surface area contributed by atoms with Crippen molar-refractivity contribution in [3.8, 4) is 5.75 Å². The van der Waals surface area contributed by atoms with Crippen LogP contribution in [0, 0.1) is 12.3 Å². The summed E-state index contributed by atoms with van der Waals surface area (Å²) in [6.07, 6.45) is 4.48. The Morgan fingerprint density at radius 2 is 2.04 bits per heavy atom. The Hall–Kier alpha value is -2.56. The lowest BCUT2D eigenvalue weighted by atomic mass is 10.1. The van der Waals surface area contributed by atoms with Crippen molar-refractivity contribution < 1.29 is 9.47 Å². The van der Waals surface area contributed by atoms with Crippen LogP contribution in [-0.2, 0) is 11.3 Å². The Balaban J connectivity index is 1.92. The second-order valence-electron chi connectivity index (χ2n) is 6.14. The number of unbranched alkanes of at least 4 members (excludes halogenated alkanes) is 1. The standard InChI is InChI=1S/C20H25N3O2/c1-4-25-19(21)7-5-6-12-23-18-13-15(24-3)8-9-16(18)17-10-11-22-14(2)20(17)23/h8-11,13,21H,4-7,12H2,1-3H3. The Kier molecular flexibility index (Phi) is 5.22. The van der Waals surface area contributed by atoms with Gasteiger partial charge in [-0.3, -0.25) is 10.4 Å². The summed E-state index contributed by atoms with van der Waals surface area (Å²) in [7, 11) is 1.69. The average molecular weight is 339 g/mol. The topological polar surface area (TPSA) is 60.1 Å². The molecule has 0 bridgehead atoms. The zero-order valence-corrected chi connectivity index (χ0v) is 15.1. The van der Waals surface area contributed by atoms with Crippen molar-refractivity contribution in [2.75, 3.05) is 13.7 Å². The van der Waals surface area contributed by atoms with Gasteiger partial charge in [-0.1, -0.05) is 0 Å². The summed E-state index contributed by atoms with van der Waals surface area (Å²) in [5.74, 6) is 1.24. The monoisotopic (exact) mass is 339 g/mol. The molecule has 25 heavy (non-hydrogen) atoms. The van der Waals surface area contributed by atoms with Crippen molar-refractivity contribution in [3.05, 3.63) is 36.2 Å². The molecular weight excluding hydrogens is 314 g/mol. The van der Waals surface area contributed by atoms with Crippen molar-refractivity contribution in [3.63, 3.8) is 0 Å². The Morgan fingerprint density at radius 1 is 1.20 bits per heavy atom. The zero-order valence-electron chi connectivity index (χ0n) is 15.1. The van der Waals surface area contributed by atoms with Gasteiger partial charge < -0.3 is 14.0 Å². The van der Waals surface area contributed by atoms with Crippen LogP contribution in [0.5, 0.6) is 5.75 Å². The van der Waals surface area contributed by atoms with Gasteiger partial charge in [-0.05, 0) is 44.9 Å². The van der Waals surface area contributed by atoms with Gasteiger partial charge in [0.25, 0.3) is 0 Å². The number of methoxy groups -OCH3 is 1. The van der Waals surface area contributed by atoms with Gasteiger partial charge in [0.1, 0.15) is 5.75 Å². The Bertz CT molecular complexity index is 899. The summed E-state index contributed by atoms with van der Waals surface area (Å²) >= 11 is 0. The number of pyridine rings is 1. The summed E-state index contributed by atoms with van der Waals surface area (Å²) < 4.78 is 13.0. The lowest BCUT2D eigenvalue weighted by Crippen LogP contribution is -2.04. The van der Waals surface area contributed by atoms with Crippen molar-refractivity contribution in [1.82, 2.24) is 9.55 Å². The van der Waals surface area contributed by atoms with Crippen LogP contribution < -0.4 is 4.74 Å².